The molecule has 0 spiro atoms. The van der Waals surface area contributed by atoms with E-state index in [1.54, 1.807) is 21.9 Å². The molecule has 1 aromatic heterocycles. The van der Waals surface area contributed by atoms with Gasteiger partial charge in [-0.25, -0.2) is 5.21 Å². The van der Waals surface area contributed by atoms with E-state index in [1.807, 2.05) is 60.7 Å². The first-order valence-corrected chi connectivity index (χ1v) is 12.1. The summed E-state index contributed by atoms with van der Waals surface area (Å²) in [4.78, 5) is 34.2. The van der Waals surface area contributed by atoms with E-state index < -0.39 is 17.3 Å². The maximum absolute atomic E-state index is 13.8. The number of amides is 2. The highest BCUT2D eigenvalue weighted by atomic mass is 16.8. The molecule has 0 saturated carbocycles. The second-order valence-corrected chi connectivity index (χ2v) is 9.41. The lowest BCUT2D eigenvalue weighted by Gasteiger charge is -2.47. The van der Waals surface area contributed by atoms with Crippen molar-refractivity contribution in [1.82, 2.24) is 14.8 Å². The van der Waals surface area contributed by atoms with E-state index in [2.05, 4.69) is 4.98 Å². The molecule has 36 heavy (non-hydrogen) atoms. The van der Waals surface area contributed by atoms with Gasteiger partial charge in [0.05, 0.1) is 12.6 Å². The zero-order valence-electron chi connectivity index (χ0n) is 19.6. The van der Waals surface area contributed by atoms with Crippen LogP contribution in [0.5, 0.6) is 0 Å². The number of piperazine rings is 1. The van der Waals surface area contributed by atoms with Crippen molar-refractivity contribution in [3.8, 4) is 0 Å². The molecule has 4 aromatic rings. The number of benzene rings is 3. The number of quaternary nitrogens is 1. The third-order valence-corrected chi connectivity index (χ3v) is 7.30. The molecule has 2 amide bonds. The fourth-order valence-electron chi connectivity index (χ4n) is 5.61. The minimum absolute atomic E-state index is 0.00680. The zero-order valence-corrected chi connectivity index (χ0v) is 19.6. The van der Waals surface area contributed by atoms with Gasteiger partial charge in [0.25, 0.3) is 0 Å². The van der Waals surface area contributed by atoms with Crippen molar-refractivity contribution >= 4 is 28.4 Å². The summed E-state index contributed by atoms with van der Waals surface area (Å²) >= 11 is 0. The Kier molecular flexibility index (Phi) is 5.56. The largest absolute Gasteiger partial charge is 0.595 e. The van der Waals surface area contributed by atoms with Crippen molar-refractivity contribution < 1.29 is 20.0 Å². The highest BCUT2D eigenvalue weighted by Gasteiger charge is 2.48. The van der Waals surface area contributed by atoms with Gasteiger partial charge in [0.1, 0.15) is 6.04 Å². The van der Waals surface area contributed by atoms with Gasteiger partial charge in [-0.1, -0.05) is 60.7 Å². The van der Waals surface area contributed by atoms with Crippen molar-refractivity contribution in [2.45, 2.75) is 24.9 Å². The van der Waals surface area contributed by atoms with Crippen LogP contribution in [0, 0.1) is 5.21 Å². The third-order valence-electron chi connectivity index (χ3n) is 7.30. The number of para-hydroxylation sites is 1. The van der Waals surface area contributed by atoms with Crippen molar-refractivity contribution in [1.29, 1.82) is 0 Å². The lowest BCUT2D eigenvalue weighted by atomic mass is 9.86. The van der Waals surface area contributed by atoms with Crippen molar-refractivity contribution in [2.75, 3.05) is 13.1 Å². The number of rotatable bonds is 5. The molecular weight excluding hydrogens is 456 g/mol. The topological polar surface area (TPSA) is 104 Å². The number of fused-ring (bicyclic) bond motifs is 4. The van der Waals surface area contributed by atoms with Crippen LogP contribution in [-0.2, 0) is 22.4 Å². The van der Waals surface area contributed by atoms with Gasteiger partial charge in [-0.15, -0.1) is 0 Å². The smallest absolute Gasteiger partial charge is 0.246 e. The first-order chi connectivity index (χ1) is 17.5. The van der Waals surface area contributed by atoms with Crippen LogP contribution in [0.4, 0.5) is 5.69 Å². The summed E-state index contributed by atoms with van der Waals surface area (Å²) in [5, 5.41) is 21.3. The van der Waals surface area contributed by atoms with E-state index in [0.717, 1.165) is 27.7 Å². The molecule has 0 aliphatic carbocycles. The molecule has 8 heteroatoms. The van der Waals surface area contributed by atoms with E-state index in [1.165, 1.54) is 6.07 Å². The van der Waals surface area contributed by atoms with Crippen LogP contribution in [0.25, 0.3) is 10.9 Å². The van der Waals surface area contributed by atoms with Crippen LogP contribution in [0.3, 0.4) is 0 Å². The standard InChI is InChI=1S/C28H26N4O4/c33-25-17-30(14-13-18-7-2-1-3-8-18)28(34)24-16-22-21-11-4-5-12-23(21)29-26(22)27(31(24)25)19-9-6-10-20(15-19)32(35)36/h1-12,15,24,27,29,32,35H,13-14,16-17H2/t24-,27?/m0/s1. The first-order valence-electron chi connectivity index (χ1n) is 12.1. The van der Waals surface area contributed by atoms with Gasteiger partial charge >= 0.3 is 0 Å². The number of hydrogen-bond donors (Lipinski definition) is 3. The molecule has 6 rings (SSSR count). The Morgan fingerprint density at radius 3 is 2.58 bits per heavy atom. The summed E-state index contributed by atoms with van der Waals surface area (Å²) in [6.07, 6.45) is 1.09. The molecular formula is C28H26N4O4. The molecule has 1 saturated heterocycles. The highest BCUT2D eigenvalue weighted by molar-refractivity contribution is 5.97. The Morgan fingerprint density at radius 2 is 1.78 bits per heavy atom. The van der Waals surface area contributed by atoms with Crippen LogP contribution >= 0.6 is 0 Å². The molecule has 2 aliphatic rings. The summed E-state index contributed by atoms with van der Waals surface area (Å²) in [5.41, 5.74) is 4.71. The average molecular weight is 483 g/mol. The van der Waals surface area contributed by atoms with Crippen molar-refractivity contribution in [2.24, 2.45) is 0 Å². The van der Waals surface area contributed by atoms with Crippen LogP contribution in [0.15, 0.2) is 78.9 Å². The molecule has 2 aliphatic heterocycles. The maximum Gasteiger partial charge on any atom is 0.246 e. The van der Waals surface area contributed by atoms with Gasteiger partial charge in [-0.3, -0.25) is 9.59 Å². The molecule has 3 heterocycles. The summed E-state index contributed by atoms with van der Waals surface area (Å²) in [6, 6.07) is 23.3. The maximum atomic E-state index is 13.8. The summed E-state index contributed by atoms with van der Waals surface area (Å²) in [6.45, 7) is 0.478. The minimum atomic E-state index is -1.03. The van der Waals surface area contributed by atoms with Crippen LogP contribution in [0.2, 0.25) is 0 Å². The monoisotopic (exact) mass is 482 g/mol. The van der Waals surface area contributed by atoms with Gasteiger partial charge in [0, 0.05) is 41.7 Å². The summed E-state index contributed by atoms with van der Waals surface area (Å²) in [5.74, 6) is -0.205. The predicted octanol–water partition coefficient (Wildman–Crippen LogP) is 2.50. The normalized spacial score (nSPS) is 20.4. The Morgan fingerprint density at radius 1 is 1.00 bits per heavy atom. The van der Waals surface area contributed by atoms with Gasteiger partial charge in [0.15, 0.2) is 5.69 Å². The zero-order chi connectivity index (χ0) is 24.8. The van der Waals surface area contributed by atoms with Crippen molar-refractivity contribution in [3.63, 3.8) is 0 Å². The Bertz CT molecular complexity index is 1450. The number of nitrogens with one attached hydrogen (secondary N) is 2. The molecule has 1 fully saturated rings. The lowest BCUT2D eigenvalue weighted by Crippen LogP contribution is -2.99. The van der Waals surface area contributed by atoms with E-state index in [4.69, 9.17) is 0 Å². The predicted molar refractivity (Wildman–Crippen MR) is 133 cm³/mol. The molecule has 3 aromatic carbocycles. The van der Waals surface area contributed by atoms with Crippen LogP contribution in [-0.4, -0.2) is 50.9 Å². The third kappa shape index (κ3) is 3.76. The number of aromatic amines is 1. The molecule has 2 unspecified atom stereocenters. The molecule has 8 nitrogen and oxygen atoms in total. The Balaban J connectivity index is 1.42. The number of carbonyl (C=O) groups is 2. The van der Waals surface area contributed by atoms with Crippen LogP contribution in [0.1, 0.15) is 28.4 Å². The molecule has 3 N–H and O–H groups in total. The van der Waals surface area contributed by atoms with Gasteiger partial charge in [0.2, 0.25) is 11.8 Å². The van der Waals surface area contributed by atoms with E-state index in [-0.39, 0.29) is 24.0 Å². The summed E-state index contributed by atoms with van der Waals surface area (Å²) < 4.78 is 0. The minimum Gasteiger partial charge on any atom is -0.595 e. The molecule has 3 atom stereocenters. The number of carbonyl (C=O) groups excluding carboxylic acids is 2. The van der Waals surface area contributed by atoms with Crippen molar-refractivity contribution in [3.05, 3.63) is 106 Å². The van der Waals surface area contributed by atoms with E-state index in [0.29, 0.717) is 24.9 Å². The SMILES string of the molecule is O=C1[C@@H]2Cc3c([nH]c4ccccc34)C(c3cccc([NH+]([O-])O)c3)N2C(=O)CN1CCc1ccccc1. The lowest BCUT2D eigenvalue weighted by molar-refractivity contribution is -0.991. The first kappa shape index (κ1) is 22.5. The number of hydrogen-bond acceptors (Lipinski definition) is 4. The van der Waals surface area contributed by atoms with E-state index in [9.17, 15) is 20.0 Å². The molecule has 182 valence electrons. The Labute approximate surface area is 207 Å². The number of nitrogens with zero attached hydrogens (tertiary/aromatic N) is 2. The number of H-pyrrole nitrogens is 1. The molecule has 0 radical (unpaired) electrons. The van der Waals surface area contributed by atoms with Gasteiger partial charge in [-0.05, 0) is 29.2 Å². The summed E-state index contributed by atoms with van der Waals surface area (Å²) in [7, 11) is 0. The highest BCUT2D eigenvalue weighted by Crippen LogP contribution is 2.42. The Hall–Kier alpha value is -3.98. The fraction of sp³-hybridized carbons (Fsp3) is 0.214. The fourth-order valence-corrected chi connectivity index (χ4v) is 5.61. The molecule has 0 bridgehead atoms. The van der Waals surface area contributed by atoms with Gasteiger partial charge < -0.3 is 20.0 Å². The van der Waals surface area contributed by atoms with E-state index >= 15 is 0 Å². The second-order valence-electron chi connectivity index (χ2n) is 9.41. The second kappa shape index (κ2) is 8.91. The average Bonchev–Trinajstić information content (AvgIpc) is 3.28. The van der Waals surface area contributed by atoms with Crippen LogP contribution < -0.4 is 5.23 Å². The number of aromatic nitrogens is 1. The van der Waals surface area contributed by atoms with Gasteiger partial charge in [-0.2, -0.15) is 5.23 Å². The quantitative estimate of drug-likeness (QED) is 0.380.